The van der Waals surface area contributed by atoms with Crippen LogP contribution in [0.2, 0.25) is 0 Å². The van der Waals surface area contributed by atoms with Crippen molar-refractivity contribution in [2.75, 3.05) is 18.8 Å². The molecule has 0 spiro atoms. The van der Waals surface area contributed by atoms with Crippen LogP contribution in [0.3, 0.4) is 0 Å². The zero-order valence-corrected chi connectivity index (χ0v) is 24.1. The van der Waals surface area contributed by atoms with E-state index in [4.69, 9.17) is 16.3 Å². The normalized spacial score (nSPS) is 22.1. The molecule has 2 aromatic heterocycles. The van der Waals surface area contributed by atoms with Crippen molar-refractivity contribution in [1.82, 2.24) is 34.9 Å². The van der Waals surface area contributed by atoms with Crippen LogP contribution in [0, 0.1) is 5.92 Å². The van der Waals surface area contributed by atoms with Crippen LogP contribution < -0.4 is 22.1 Å². The van der Waals surface area contributed by atoms with Gasteiger partial charge in [-0.25, -0.2) is 14.1 Å². The number of carboxylic acid groups (broad SMARTS) is 1. The summed E-state index contributed by atoms with van der Waals surface area (Å²) in [6.45, 7) is 1.70. The molecule has 2 saturated heterocycles. The summed E-state index contributed by atoms with van der Waals surface area (Å²) in [5.41, 5.74) is 9.93. The number of β-lactam (4-membered cyclic amide) rings is 1. The fraction of sp³-hybridized carbons (Fsp3) is 0.545. The highest BCUT2D eigenvalue weighted by atomic mass is 32.2. The Balaban J connectivity index is 1.28. The molecule has 0 unspecified atom stereocenters. The van der Waals surface area contributed by atoms with Crippen LogP contribution in [0.1, 0.15) is 37.1 Å². The number of nitrogen functional groups attached to an aromatic ring is 1. The number of amides is 2. The van der Waals surface area contributed by atoms with Gasteiger partial charge in [0.2, 0.25) is 5.60 Å². The molecule has 4 heterocycles. The minimum atomic E-state index is -5.01. The van der Waals surface area contributed by atoms with Crippen molar-refractivity contribution < 1.29 is 37.3 Å². The van der Waals surface area contributed by atoms with Gasteiger partial charge in [0, 0.05) is 24.6 Å². The number of nitrogens with two attached hydrogens (primary N) is 2. The average Bonchev–Trinajstić information content (AvgIpc) is 3.37. The topological polar surface area (TPSA) is 283 Å². The van der Waals surface area contributed by atoms with Gasteiger partial charge in [0.1, 0.15) is 23.5 Å². The van der Waals surface area contributed by atoms with Gasteiger partial charge in [-0.2, -0.15) is 23.4 Å². The highest BCUT2D eigenvalue weighted by Gasteiger charge is 2.56. The molecule has 43 heavy (non-hydrogen) atoms. The maximum absolute atomic E-state index is 13.2. The maximum Gasteiger partial charge on any atom is 0.362 e. The van der Waals surface area contributed by atoms with Crippen LogP contribution in [-0.4, -0.2) is 102 Å². The van der Waals surface area contributed by atoms with Crippen molar-refractivity contribution in [2.45, 2.75) is 56.5 Å². The van der Waals surface area contributed by atoms with Gasteiger partial charge in [0.15, 0.2) is 10.8 Å². The van der Waals surface area contributed by atoms with Crippen LogP contribution in [0.15, 0.2) is 21.7 Å². The number of rotatable bonds is 14. The Labute approximate surface area is 248 Å². The van der Waals surface area contributed by atoms with E-state index in [1.807, 2.05) is 0 Å². The number of thiazole rings is 1. The summed E-state index contributed by atoms with van der Waals surface area (Å²) in [4.78, 5) is 52.0. The molecule has 8 N–H and O–H groups in total. The molecule has 3 aliphatic rings. The fourth-order valence-corrected chi connectivity index (χ4v) is 5.79. The number of aliphatic imine (C=N–C) groups is 1. The van der Waals surface area contributed by atoms with Crippen LogP contribution in [0.5, 0.6) is 0 Å². The first kappa shape index (κ1) is 30.3. The second kappa shape index (κ2) is 11.8. The molecule has 232 valence electrons. The average molecular weight is 640 g/mol. The molecular formula is C22H29N11O8S2. The molecule has 2 amide bonds. The monoisotopic (exact) mass is 639 g/mol. The van der Waals surface area contributed by atoms with Crippen LogP contribution in [0.4, 0.5) is 5.13 Å². The minimum absolute atomic E-state index is 0.0567. The van der Waals surface area contributed by atoms with Gasteiger partial charge in [0.25, 0.3) is 11.8 Å². The molecule has 5 rings (SSSR count). The number of nitrogens with zero attached hydrogens (tertiary/aromatic N) is 7. The van der Waals surface area contributed by atoms with E-state index in [0.29, 0.717) is 23.9 Å². The molecule has 0 radical (unpaired) electrons. The Morgan fingerprint density at radius 3 is 2.65 bits per heavy atom. The second-order valence-corrected chi connectivity index (χ2v) is 12.5. The zero-order chi connectivity index (χ0) is 30.9. The molecule has 21 heteroatoms. The number of hydrogen-bond acceptors (Lipinski definition) is 14. The number of hydrogen-bond donors (Lipinski definition) is 6. The third-order valence-corrected chi connectivity index (χ3v) is 8.76. The van der Waals surface area contributed by atoms with E-state index in [0.717, 1.165) is 35.6 Å². The van der Waals surface area contributed by atoms with E-state index in [1.54, 1.807) is 0 Å². The van der Waals surface area contributed by atoms with Gasteiger partial charge >= 0.3 is 16.3 Å². The fourth-order valence-electron chi connectivity index (χ4n) is 4.37. The standard InChI is InChI=1S/C22H29N11O8S2/c23-15(2-1-11-5-25-6-11)26-7-12-8-27-32(30-12)9-14-17(19(35)33(14)43(38,39)40)29-18(34)16(13-10-42-21(24)28-13)31-41-22(3-4-22)20(36)37/h8,10-11,14,17,25H,1-7,9H2,(H2,23,26)(H2,24,28)(H,29,34)(H,36,37)(H,38,39,40)/b31-16-/t14-,17+/m1/s1. The Morgan fingerprint density at radius 1 is 1.33 bits per heavy atom. The lowest BCUT2D eigenvalue weighted by Gasteiger charge is -2.43. The molecule has 1 aliphatic carbocycles. The largest absolute Gasteiger partial charge is 0.478 e. The smallest absolute Gasteiger partial charge is 0.362 e. The van der Waals surface area contributed by atoms with Gasteiger partial charge in [0.05, 0.1) is 25.1 Å². The lowest BCUT2D eigenvalue weighted by molar-refractivity contribution is -0.153. The number of amidine groups is 1. The van der Waals surface area contributed by atoms with Gasteiger partial charge in [-0.05, 0) is 25.4 Å². The zero-order valence-electron chi connectivity index (χ0n) is 22.5. The molecule has 0 bridgehead atoms. The number of carbonyl (C=O) groups is 3. The molecule has 2 aliphatic heterocycles. The van der Waals surface area contributed by atoms with E-state index in [1.165, 1.54) is 11.6 Å². The van der Waals surface area contributed by atoms with Crippen molar-refractivity contribution in [3.05, 3.63) is 23.0 Å². The lowest BCUT2D eigenvalue weighted by atomic mass is 9.97. The molecule has 19 nitrogen and oxygen atoms in total. The summed E-state index contributed by atoms with van der Waals surface area (Å²) < 4.78 is 33.8. The predicted octanol–water partition coefficient (Wildman–Crippen LogP) is -2.29. The molecule has 3 fully saturated rings. The van der Waals surface area contributed by atoms with Crippen molar-refractivity contribution in [2.24, 2.45) is 21.8 Å². The van der Waals surface area contributed by atoms with Gasteiger partial charge < -0.3 is 32.0 Å². The summed E-state index contributed by atoms with van der Waals surface area (Å²) in [5, 5.41) is 28.4. The van der Waals surface area contributed by atoms with Gasteiger partial charge in [-0.3, -0.25) is 19.1 Å². The molecular weight excluding hydrogens is 610 g/mol. The summed E-state index contributed by atoms with van der Waals surface area (Å²) in [6.07, 6.45) is 3.28. The number of oxime groups is 1. The summed E-state index contributed by atoms with van der Waals surface area (Å²) in [5.74, 6) is -2.38. The highest BCUT2D eigenvalue weighted by Crippen LogP contribution is 2.40. The van der Waals surface area contributed by atoms with E-state index >= 15 is 0 Å². The van der Waals surface area contributed by atoms with Crippen molar-refractivity contribution in [3.8, 4) is 0 Å². The molecule has 0 aromatic carbocycles. The minimum Gasteiger partial charge on any atom is -0.478 e. The van der Waals surface area contributed by atoms with Crippen LogP contribution in [0.25, 0.3) is 0 Å². The number of carbonyl (C=O) groups excluding carboxylic acids is 2. The summed E-state index contributed by atoms with van der Waals surface area (Å²) in [7, 11) is -5.01. The molecule has 1 saturated carbocycles. The number of nitrogens with one attached hydrogen (secondary N) is 2. The number of aliphatic carboxylic acids is 1. The van der Waals surface area contributed by atoms with Crippen LogP contribution in [-0.2, 0) is 42.6 Å². The summed E-state index contributed by atoms with van der Waals surface area (Å²) >= 11 is 0.973. The highest BCUT2D eigenvalue weighted by molar-refractivity contribution is 7.84. The second-order valence-electron chi connectivity index (χ2n) is 10.3. The third kappa shape index (κ3) is 6.73. The first-order valence-corrected chi connectivity index (χ1v) is 15.3. The molecule has 2 atom stereocenters. The van der Waals surface area contributed by atoms with Crippen molar-refractivity contribution in [1.29, 1.82) is 0 Å². The van der Waals surface area contributed by atoms with E-state index in [2.05, 4.69) is 36.0 Å². The summed E-state index contributed by atoms with van der Waals surface area (Å²) in [6, 6.07) is -2.79. The Hall–Kier alpha value is -4.21. The number of carboxylic acids is 1. The Kier molecular flexibility index (Phi) is 8.31. The van der Waals surface area contributed by atoms with Crippen molar-refractivity contribution in [3.63, 3.8) is 0 Å². The third-order valence-electron chi connectivity index (χ3n) is 7.14. The first-order valence-electron chi connectivity index (χ1n) is 13.1. The number of aromatic nitrogens is 4. The quantitative estimate of drug-likeness (QED) is 0.0417. The Morgan fingerprint density at radius 2 is 2.07 bits per heavy atom. The van der Waals surface area contributed by atoms with Gasteiger partial charge in [-0.15, -0.1) is 11.3 Å². The van der Waals surface area contributed by atoms with Crippen molar-refractivity contribution >= 4 is 56.1 Å². The maximum atomic E-state index is 13.2. The van der Waals surface area contributed by atoms with E-state index < -0.39 is 51.5 Å². The first-order chi connectivity index (χ1) is 20.4. The lowest BCUT2D eigenvalue weighted by Crippen LogP contribution is -2.73. The predicted molar refractivity (Wildman–Crippen MR) is 149 cm³/mol. The SMILES string of the molecule is NC(CCC1CNC1)=NCc1cnn(C[C@@H]2[C@H](NC(=O)/C(=N\OC3(C(=O)O)CC3)c3csc(N)n3)C(=O)N2S(=O)(=O)O)n1. The number of anilines is 1. The van der Waals surface area contributed by atoms with E-state index in [-0.39, 0.29) is 41.1 Å². The Bertz CT molecular complexity index is 1580. The van der Waals surface area contributed by atoms with Crippen LogP contribution >= 0.6 is 11.3 Å². The molecule has 2 aromatic rings. The van der Waals surface area contributed by atoms with E-state index in [9.17, 15) is 32.5 Å². The van der Waals surface area contributed by atoms with Gasteiger partial charge in [-0.1, -0.05) is 5.16 Å².